The van der Waals surface area contributed by atoms with E-state index >= 15 is 0 Å². The summed E-state index contributed by atoms with van der Waals surface area (Å²) in [6, 6.07) is 6.95. The molecule has 0 saturated carbocycles. The molecule has 0 heterocycles. The van der Waals surface area contributed by atoms with Crippen LogP contribution < -0.4 is 0 Å². The van der Waals surface area contributed by atoms with Gasteiger partial charge in [0.1, 0.15) is 6.29 Å². The molecule has 0 aliphatic rings. The largest absolute Gasteiger partial charge is 0.465 e. The van der Waals surface area contributed by atoms with Gasteiger partial charge in [-0.05, 0) is 32.3 Å². The molecule has 25 heavy (non-hydrogen) atoms. The van der Waals surface area contributed by atoms with Crippen LogP contribution in [0.5, 0.6) is 0 Å². The first-order chi connectivity index (χ1) is 12.0. The normalized spacial score (nSPS) is 11.1. The van der Waals surface area contributed by atoms with Crippen molar-refractivity contribution in [2.45, 2.75) is 26.7 Å². The van der Waals surface area contributed by atoms with Gasteiger partial charge in [-0.1, -0.05) is 42.5 Å². The number of benzene rings is 1. The fourth-order valence-corrected chi connectivity index (χ4v) is 2.37. The van der Waals surface area contributed by atoms with E-state index in [4.69, 9.17) is 9.47 Å². The number of allylic oxidation sites excluding steroid dienone is 2. The second-order valence-electron chi connectivity index (χ2n) is 5.41. The first kappa shape index (κ1) is 20.4. The van der Waals surface area contributed by atoms with Crippen molar-refractivity contribution >= 4 is 24.3 Å². The molecular formula is C20H24O5. The molecule has 0 aliphatic carbocycles. The van der Waals surface area contributed by atoms with Crippen molar-refractivity contribution in [3.8, 4) is 0 Å². The van der Waals surface area contributed by atoms with Gasteiger partial charge in [0.15, 0.2) is 5.41 Å². The third kappa shape index (κ3) is 5.41. The number of carbonyl (C=O) groups excluding carboxylic acids is 3. The van der Waals surface area contributed by atoms with Crippen LogP contribution in [0.2, 0.25) is 0 Å². The number of aldehydes is 1. The summed E-state index contributed by atoms with van der Waals surface area (Å²) in [5.41, 5.74) is -0.00507. The van der Waals surface area contributed by atoms with Gasteiger partial charge in [0.2, 0.25) is 0 Å². The molecule has 0 aliphatic heterocycles. The van der Waals surface area contributed by atoms with Crippen LogP contribution in [-0.2, 0) is 19.1 Å². The standard InChI is InChI=1S/C20H24O5/c1-4-13-20(18(22)24-5-2,19(23)25-6-3)14-7-8-16-9-11-17(15-21)12-10-16/h4,7-12,15H,1,5-6,13-14H2,2-3H3/b8-7+. The van der Waals surface area contributed by atoms with E-state index in [1.54, 1.807) is 50.3 Å². The molecule has 5 nitrogen and oxygen atoms in total. The minimum atomic E-state index is -1.44. The van der Waals surface area contributed by atoms with Gasteiger partial charge in [-0.25, -0.2) is 0 Å². The molecule has 0 spiro atoms. The van der Waals surface area contributed by atoms with Crippen LogP contribution >= 0.6 is 0 Å². The topological polar surface area (TPSA) is 69.7 Å². The zero-order valence-electron chi connectivity index (χ0n) is 14.7. The third-order valence-corrected chi connectivity index (χ3v) is 3.67. The number of hydrogen-bond acceptors (Lipinski definition) is 5. The average molecular weight is 344 g/mol. The minimum absolute atomic E-state index is 0.124. The summed E-state index contributed by atoms with van der Waals surface area (Å²) in [6.07, 6.45) is 6.05. The van der Waals surface area contributed by atoms with Crippen molar-refractivity contribution in [2.75, 3.05) is 13.2 Å². The lowest BCUT2D eigenvalue weighted by Gasteiger charge is -2.26. The molecule has 1 aromatic carbocycles. The second-order valence-corrected chi connectivity index (χ2v) is 5.41. The molecule has 1 aromatic rings. The maximum absolute atomic E-state index is 12.5. The summed E-state index contributed by atoms with van der Waals surface area (Å²) in [6.45, 7) is 7.37. The lowest BCUT2D eigenvalue weighted by Crippen LogP contribution is -2.41. The Morgan fingerprint density at radius 1 is 1.00 bits per heavy atom. The molecule has 0 atom stereocenters. The number of esters is 2. The highest BCUT2D eigenvalue weighted by molar-refractivity contribution is 6.00. The first-order valence-corrected chi connectivity index (χ1v) is 8.21. The lowest BCUT2D eigenvalue weighted by molar-refractivity contribution is -0.171. The Labute approximate surface area is 148 Å². The molecule has 0 amide bonds. The summed E-state index contributed by atoms with van der Waals surface area (Å²) in [5.74, 6) is -1.23. The highest BCUT2D eigenvalue weighted by Gasteiger charge is 2.46. The van der Waals surface area contributed by atoms with Gasteiger partial charge in [-0.15, -0.1) is 6.58 Å². The van der Waals surface area contributed by atoms with Crippen molar-refractivity contribution < 1.29 is 23.9 Å². The molecule has 0 N–H and O–H groups in total. The van der Waals surface area contributed by atoms with Crippen LogP contribution in [0.25, 0.3) is 6.08 Å². The molecule has 0 radical (unpaired) electrons. The van der Waals surface area contributed by atoms with Crippen molar-refractivity contribution in [1.82, 2.24) is 0 Å². The van der Waals surface area contributed by atoms with Gasteiger partial charge in [0.25, 0.3) is 0 Å². The van der Waals surface area contributed by atoms with Crippen molar-refractivity contribution in [1.29, 1.82) is 0 Å². The molecule has 0 saturated heterocycles. The second kappa shape index (κ2) is 10.2. The van der Waals surface area contributed by atoms with E-state index in [1.165, 1.54) is 6.08 Å². The van der Waals surface area contributed by atoms with Gasteiger partial charge in [0, 0.05) is 5.56 Å². The van der Waals surface area contributed by atoms with Crippen molar-refractivity contribution in [2.24, 2.45) is 5.41 Å². The monoisotopic (exact) mass is 344 g/mol. The number of hydrogen-bond donors (Lipinski definition) is 0. The highest BCUT2D eigenvalue weighted by atomic mass is 16.6. The number of carbonyl (C=O) groups is 3. The predicted octanol–water partition coefficient (Wildman–Crippen LogP) is 3.59. The maximum Gasteiger partial charge on any atom is 0.324 e. The summed E-state index contributed by atoms with van der Waals surface area (Å²) in [5, 5.41) is 0. The van der Waals surface area contributed by atoms with Gasteiger partial charge < -0.3 is 9.47 Å². The fourth-order valence-electron chi connectivity index (χ4n) is 2.37. The number of ether oxygens (including phenoxy) is 2. The Kier molecular flexibility index (Phi) is 8.33. The molecule has 0 fully saturated rings. The summed E-state index contributed by atoms with van der Waals surface area (Å²) in [7, 11) is 0. The predicted molar refractivity (Wildman–Crippen MR) is 96.0 cm³/mol. The highest BCUT2D eigenvalue weighted by Crippen LogP contribution is 2.32. The molecule has 134 valence electrons. The molecule has 5 heteroatoms. The molecule has 0 unspecified atom stereocenters. The number of rotatable bonds is 10. The van der Waals surface area contributed by atoms with E-state index in [1.807, 2.05) is 0 Å². The van der Waals surface area contributed by atoms with Crippen LogP contribution in [0.1, 0.15) is 42.6 Å². The smallest absolute Gasteiger partial charge is 0.324 e. The van der Waals surface area contributed by atoms with Crippen LogP contribution in [0.3, 0.4) is 0 Å². The maximum atomic E-state index is 12.5. The first-order valence-electron chi connectivity index (χ1n) is 8.21. The Morgan fingerprint density at radius 2 is 1.52 bits per heavy atom. The Morgan fingerprint density at radius 3 is 1.96 bits per heavy atom. The average Bonchev–Trinajstić information content (AvgIpc) is 2.61. The zero-order valence-corrected chi connectivity index (χ0v) is 14.7. The van der Waals surface area contributed by atoms with Crippen LogP contribution in [0.4, 0.5) is 0 Å². The van der Waals surface area contributed by atoms with E-state index in [0.717, 1.165) is 11.8 Å². The van der Waals surface area contributed by atoms with Gasteiger partial charge in [-0.2, -0.15) is 0 Å². The Balaban J connectivity index is 3.06. The summed E-state index contributed by atoms with van der Waals surface area (Å²) in [4.78, 5) is 35.6. The Hall–Kier alpha value is -2.69. The fraction of sp³-hybridized carbons (Fsp3) is 0.350. The summed E-state index contributed by atoms with van der Waals surface area (Å²) >= 11 is 0. The summed E-state index contributed by atoms with van der Waals surface area (Å²) < 4.78 is 10.2. The Bertz CT molecular complexity index is 610. The zero-order chi connectivity index (χ0) is 18.7. The minimum Gasteiger partial charge on any atom is -0.465 e. The van der Waals surface area contributed by atoms with E-state index in [9.17, 15) is 14.4 Å². The van der Waals surface area contributed by atoms with Gasteiger partial charge in [0.05, 0.1) is 13.2 Å². The van der Waals surface area contributed by atoms with E-state index in [-0.39, 0.29) is 26.1 Å². The van der Waals surface area contributed by atoms with Crippen LogP contribution in [-0.4, -0.2) is 31.4 Å². The van der Waals surface area contributed by atoms with Crippen molar-refractivity contribution in [3.63, 3.8) is 0 Å². The van der Waals surface area contributed by atoms with E-state index < -0.39 is 17.4 Å². The van der Waals surface area contributed by atoms with E-state index in [0.29, 0.717) is 5.56 Å². The molecule has 1 rings (SSSR count). The SMILES string of the molecule is C=CCC(C/C=C/c1ccc(C=O)cc1)(C(=O)OCC)C(=O)OCC. The molecule has 0 aromatic heterocycles. The van der Waals surface area contributed by atoms with Crippen LogP contribution in [0, 0.1) is 5.41 Å². The quantitative estimate of drug-likeness (QED) is 0.281. The molecular weight excluding hydrogens is 320 g/mol. The van der Waals surface area contributed by atoms with Gasteiger partial charge in [-0.3, -0.25) is 14.4 Å². The lowest BCUT2D eigenvalue weighted by atomic mass is 9.80. The van der Waals surface area contributed by atoms with Crippen LogP contribution in [0.15, 0.2) is 43.0 Å². The third-order valence-electron chi connectivity index (χ3n) is 3.67. The molecule has 0 bridgehead atoms. The van der Waals surface area contributed by atoms with Crippen molar-refractivity contribution in [3.05, 3.63) is 54.1 Å². The van der Waals surface area contributed by atoms with Gasteiger partial charge >= 0.3 is 11.9 Å². The van der Waals surface area contributed by atoms with E-state index in [2.05, 4.69) is 6.58 Å².